The summed E-state index contributed by atoms with van der Waals surface area (Å²) in [6.07, 6.45) is 6.62. The van der Waals surface area contributed by atoms with Crippen LogP contribution in [0.3, 0.4) is 0 Å². The second kappa shape index (κ2) is 8.53. The van der Waals surface area contributed by atoms with Gasteiger partial charge in [0, 0.05) is 24.1 Å². The van der Waals surface area contributed by atoms with Crippen LogP contribution in [0.1, 0.15) is 49.6 Å². The molecule has 1 aromatic heterocycles. The fraction of sp³-hybridized carbons (Fsp3) is 0.360. The molecule has 2 unspecified atom stereocenters. The van der Waals surface area contributed by atoms with Gasteiger partial charge in [0.25, 0.3) is 0 Å². The van der Waals surface area contributed by atoms with Crippen LogP contribution in [0.2, 0.25) is 0 Å². The Hall–Kier alpha value is -3.15. The van der Waals surface area contributed by atoms with Crippen molar-refractivity contribution in [3.05, 3.63) is 77.6 Å². The van der Waals surface area contributed by atoms with Crippen LogP contribution in [-0.2, 0) is 16.8 Å². The summed E-state index contributed by atoms with van der Waals surface area (Å²) in [4.78, 5) is 16.5. The number of ether oxygens (including phenoxy) is 1. The molecule has 3 aromatic rings. The molecule has 1 heterocycles. The Morgan fingerprint density at radius 1 is 1.29 bits per heavy atom. The maximum atomic E-state index is 14.4. The summed E-state index contributed by atoms with van der Waals surface area (Å²) in [5.74, 6) is -0.0914. The van der Waals surface area contributed by atoms with Gasteiger partial charge in [-0.2, -0.15) is 0 Å². The van der Waals surface area contributed by atoms with Crippen LogP contribution in [-0.4, -0.2) is 20.6 Å². The third kappa shape index (κ3) is 3.94. The highest BCUT2D eigenvalue weighted by Gasteiger charge is 2.50. The van der Waals surface area contributed by atoms with Gasteiger partial charge in [0.1, 0.15) is 24.0 Å². The zero-order chi connectivity index (χ0) is 22.0. The van der Waals surface area contributed by atoms with E-state index in [0.717, 1.165) is 36.3 Å². The summed E-state index contributed by atoms with van der Waals surface area (Å²) in [5.41, 5.74) is 1.40. The topological polar surface area (TPSA) is 64.3 Å². The third-order valence-electron chi connectivity index (χ3n) is 6.53. The minimum absolute atomic E-state index is 0.00109. The van der Waals surface area contributed by atoms with Crippen LogP contribution in [0, 0.1) is 18.7 Å². The molecular formula is C25H27FN2O3. The number of carbonyl (C=O) groups is 1. The molecule has 5 nitrogen and oxygen atoms in total. The number of hydrogen-bond donors (Lipinski definition) is 1. The third-order valence-corrected chi connectivity index (χ3v) is 6.53. The smallest absolute Gasteiger partial charge is 0.314 e. The van der Waals surface area contributed by atoms with E-state index in [2.05, 4.69) is 4.98 Å². The lowest BCUT2D eigenvalue weighted by atomic mass is 9.71. The number of rotatable bonds is 7. The van der Waals surface area contributed by atoms with Crippen molar-refractivity contribution in [2.45, 2.75) is 51.6 Å². The fourth-order valence-corrected chi connectivity index (χ4v) is 4.89. The van der Waals surface area contributed by atoms with E-state index in [1.165, 1.54) is 12.1 Å². The van der Waals surface area contributed by atoms with Gasteiger partial charge in [0.2, 0.25) is 0 Å². The van der Waals surface area contributed by atoms with Crippen LogP contribution in [0.25, 0.3) is 5.69 Å². The van der Waals surface area contributed by atoms with Crippen molar-refractivity contribution in [2.24, 2.45) is 5.92 Å². The molecule has 1 aliphatic carbocycles. The van der Waals surface area contributed by atoms with E-state index in [0.29, 0.717) is 17.7 Å². The molecule has 1 fully saturated rings. The lowest BCUT2D eigenvalue weighted by molar-refractivity contribution is -0.145. The molecule has 6 heteroatoms. The second-order valence-electron chi connectivity index (χ2n) is 8.25. The van der Waals surface area contributed by atoms with Gasteiger partial charge in [-0.1, -0.05) is 31.9 Å². The Balaban J connectivity index is 1.54. The maximum Gasteiger partial charge on any atom is 0.314 e. The van der Waals surface area contributed by atoms with Crippen LogP contribution < -0.4 is 4.74 Å². The second-order valence-corrected chi connectivity index (χ2v) is 8.25. The summed E-state index contributed by atoms with van der Waals surface area (Å²) < 4.78 is 22.3. The number of imidazole rings is 1. The van der Waals surface area contributed by atoms with E-state index in [1.54, 1.807) is 12.3 Å². The van der Waals surface area contributed by atoms with Gasteiger partial charge in [0.05, 0.1) is 5.41 Å². The lowest BCUT2D eigenvalue weighted by Gasteiger charge is -2.31. The minimum atomic E-state index is -1.04. The summed E-state index contributed by atoms with van der Waals surface area (Å²) >= 11 is 0. The maximum absolute atomic E-state index is 14.4. The highest BCUT2D eigenvalue weighted by atomic mass is 19.1. The molecule has 2 aromatic carbocycles. The highest BCUT2D eigenvalue weighted by Crippen LogP contribution is 2.48. The number of aliphatic carboxylic acids is 1. The number of aromatic nitrogens is 2. The average molecular weight is 423 g/mol. The zero-order valence-corrected chi connectivity index (χ0v) is 17.8. The molecule has 31 heavy (non-hydrogen) atoms. The normalized spacial score (nSPS) is 20.7. The molecule has 0 saturated heterocycles. The van der Waals surface area contributed by atoms with Crippen molar-refractivity contribution in [3.63, 3.8) is 0 Å². The van der Waals surface area contributed by atoms with E-state index in [-0.39, 0.29) is 12.5 Å². The van der Waals surface area contributed by atoms with Crippen LogP contribution >= 0.6 is 0 Å². The number of benzene rings is 2. The van der Waals surface area contributed by atoms with Gasteiger partial charge in [-0.05, 0) is 61.1 Å². The molecule has 0 spiro atoms. The molecule has 1 N–H and O–H groups in total. The Labute approximate surface area is 181 Å². The Kier molecular flexibility index (Phi) is 5.81. The van der Waals surface area contributed by atoms with E-state index >= 15 is 0 Å². The van der Waals surface area contributed by atoms with Crippen LogP contribution in [0.5, 0.6) is 5.75 Å². The largest absolute Gasteiger partial charge is 0.489 e. The predicted octanol–water partition coefficient (Wildman–Crippen LogP) is 5.43. The van der Waals surface area contributed by atoms with Crippen molar-refractivity contribution >= 4 is 5.97 Å². The summed E-state index contributed by atoms with van der Waals surface area (Å²) in [7, 11) is 0. The predicted molar refractivity (Wildman–Crippen MR) is 116 cm³/mol. The minimum Gasteiger partial charge on any atom is -0.489 e. The first kappa shape index (κ1) is 21.1. The monoisotopic (exact) mass is 422 g/mol. The van der Waals surface area contributed by atoms with Gasteiger partial charge in [0.15, 0.2) is 0 Å². The molecule has 1 saturated carbocycles. The standard InChI is InChI=1S/C25H27FN2O3/c1-3-19-5-4-10-25(19,24(29)30)20-13-21(26)15-23(14-20)31-16-18-6-8-22(9-7-18)28-12-11-27-17(28)2/h6-9,11-15,19H,3-5,10,16H2,1-2H3,(H,29,30). The fourth-order valence-electron chi connectivity index (χ4n) is 4.89. The average Bonchev–Trinajstić information content (AvgIpc) is 3.39. The molecule has 4 rings (SSSR count). The van der Waals surface area contributed by atoms with Crippen LogP contribution in [0.15, 0.2) is 54.9 Å². The van der Waals surface area contributed by atoms with E-state index in [1.807, 2.05) is 48.9 Å². The van der Waals surface area contributed by atoms with Crippen molar-refractivity contribution in [3.8, 4) is 11.4 Å². The van der Waals surface area contributed by atoms with E-state index in [4.69, 9.17) is 4.74 Å². The number of halogens is 1. The first-order valence-corrected chi connectivity index (χ1v) is 10.7. The quantitative estimate of drug-likeness (QED) is 0.551. The lowest BCUT2D eigenvalue weighted by Crippen LogP contribution is -2.39. The number of carboxylic acids is 1. The molecule has 162 valence electrons. The van der Waals surface area contributed by atoms with E-state index < -0.39 is 17.2 Å². The SMILES string of the molecule is CCC1CCCC1(C(=O)O)c1cc(F)cc(OCc2ccc(-n3ccnc3C)cc2)c1. The van der Waals surface area contributed by atoms with Crippen LogP contribution in [0.4, 0.5) is 4.39 Å². The highest BCUT2D eigenvalue weighted by molar-refractivity contribution is 5.82. The number of carboxylic acid groups (broad SMARTS) is 1. The van der Waals surface area contributed by atoms with Gasteiger partial charge >= 0.3 is 5.97 Å². The molecular weight excluding hydrogens is 395 g/mol. The van der Waals surface area contributed by atoms with Gasteiger partial charge in [-0.3, -0.25) is 4.79 Å². The molecule has 0 amide bonds. The van der Waals surface area contributed by atoms with Gasteiger partial charge in [-0.15, -0.1) is 0 Å². The first-order chi connectivity index (χ1) is 14.9. The first-order valence-electron chi connectivity index (χ1n) is 10.7. The zero-order valence-electron chi connectivity index (χ0n) is 17.8. The Morgan fingerprint density at radius 3 is 2.71 bits per heavy atom. The molecule has 1 aliphatic rings. The number of nitrogens with zero attached hydrogens (tertiary/aromatic N) is 2. The Bertz CT molecular complexity index is 1080. The molecule has 0 bridgehead atoms. The molecule has 0 radical (unpaired) electrons. The summed E-state index contributed by atoms with van der Waals surface area (Å²) in [6.45, 7) is 4.21. The molecule has 0 aliphatic heterocycles. The summed E-state index contributed by atoms with van der Waals surface area (Å²) in [6, 6.07) is 12.3. The number of aryl methyl sites for hydroxylation is 1. The Morgan fingerprint density at radius 2 is 2.06 bits per heavy atom. The number of hydrogen-bond acceptors (Lipinski definition) is 3. The van der Waals surface area contributed by atoms with Gasteiger partial charge < -0.3 is 14.4 Å². The van der Waals surface area contributed by atoms with E-state index in [9.17, 15) is 14.3 Å². The van der Waals surface area contributed by atoms with Crippen molar-refractivity contribution in [1.29, 1.82) is 0 Å². The van der Waals surface area contributed by atoms with Crippen molar-refractivity contribution in [1.82, 2.24) is 9.55 Å². The van der Waals surface area contributed by atoms with Crippen molar-refractivity contribution in [2.75, 3.05) is 0 Å². The summed E-state index contributed by atoms with van der Waals surface area (Å²) in [5, 5.41) is 10.1. The van der Waals surface area contributed by atoms with Crippen molar-refractivity contribution < 1.29 is 19.0 Å². The van der Waals surface area contributed by atoms with Gasteiger partial charge in [-0.25, -0.2) is 9.37 Å². The molecule has 2 atom stereocenters.